The van der Waals surface area contributed by atoms with Crippen molar-refractivity contribution in [3.05, 3.63) is 41.6 Å². The fourth-order valence-corrected chi connectivity index (χ4v) is 5.65. The summed E-state index contributed by atoms with van der Waals surface area (Å²) in [6, 6.07) is 9.14. The molecular formula is C27H38N4O. The Bertz CT molecular complexity index is 961. The van der Waals surface area contributed by atoms with Gasteiger partial charge in [-0.2, -0.15) is 0 Å². The molecule has 1 unspecified atom stereocenters. The summed E-state index contributed by atoms with van der Waals surface area (Å²) in [5.41, 5.74) is 3.37. The Balaban J connectivity index is 1.48. The number of aromatic nitrogens is 1. The van der Waals surface area contributed by atoms with Crippen LogP contribution in [-0.4, -0.2) is 66.2 Å². The maximum absolute atomic E-state index is 13.3. The second kappa shape index (κ2) is 10.1. The van der Waals surface area contributed by atoms with Crippen LogP contribution in [0.5, 0.6) is 0 Å². The minimum Gasteiger partial charge on any atom is -0.342 e. The second-order valence-electron chi connectivity index (χ2n) is 10.1. The van der Waals surface area contributed by atoms with E-state index in [4.69, 9.17) is 0 Å². The molecule has 32 heavy (non-hydrogen) atoms. The zero-order valence-electron chi connectivity index (χ0n) is 20.1. The normalized spacial score (nSPS) is 23.5. The standard InChI is InChI=1S/C27H38N4O/c1-19(2)30-12-9-21(10-13-30)15-26(32)31-17-20(3)14-23(18-31)24-8-7-22(16-28-4)27-25(24)6-5-11-29-27/h5-8,11,16,19-21,23H,9-10,12-15,17-18H2,1-4H3/t20-,23?/m0/s1. The van der Waals surface area contributed by atoms with Crippen molar-refractivity contribution in [3.63, 3.8) is 0 Å². The van der Waals surface area contributed by atoms with Gasteiger partial charge in [-0.1, -0.05) is 25.1 Å². The van der Waals surface area contributed by atoms with Crippen LogP contribution in [0.2, 0.25) is 0 Å². The Morgan fingerprint density at radius 2 is 2.00 bits per heavy atom. The monoisotopic (exact) mass is 434 g/mol. The second-order valence-corrected chi connectivity index (χ2v) is 10.1. The number of fused-ring (bicyclic) bond motifs is 1. The van der Waals surface area contributed by atoms with Gasteiger partial charge in [-0.05, 0) is 69.7 Å². The first kappa shape index (κ1) is 22.9. The summed E-state index contributed by atoms with van der Waals surface area (Å²) in [6.07, 6.45) is 7.84. The minimum absolute atomic E-state index is 0.349. The van der Waals surface area contributed by atoms with Crippen LogP contribution in [0.1, 0.15) is 63.5 Å². The van der Waals surface area contributed by atoms with Gasteiger partial charge in [-0.3, -0.25) is 14.8 Å². The van der Waals surface area contributed by atoms with Crippen LogP contribution >= 0.6 is 0 Å². The Morgan fingerprint density at radius 1 is 1.22 bits per heavy atom. The van der Waals surface area contributed by atoms with Crippen LogP contribution in [-0.2, 0) is 4.79 Å². The Hall–Kier alpha value is -2.27. The highest BCUT2D eigenvalue weighted by molar-refractivity contribution is 5.99. The molecule has 2 atom stereocenters. The molecule has 1 aromatic carbocycles. The van der Waals surface area contributed by atoms with Gasteiger partial charge in [-0.15, -0.1) is 0 Å². The first-order valence-corrected chi connectivity index (χ1v) is 12.3. The zero-order valence-corrected chi connectivity index (χ0v) is 20.1. The predicted octanol–water partition coefficient (Wildman–Crippen LogP) is 4.75. The van der Waals surface area contributed by atoms with E-state index in [2.05, 4.69) is 58.7 Å². The van der Waals surface area contributed by atoms with Gasteiger partial charge >= 0.3 is 0 Å². The summed E-state index contributed by atoms with van der Waals surface area (Å²) in [5, 5.41) is 1.19. The first-order valence-electron chi connectivity index (χ1n) is 12.3. The molecule has 5 heteroatoms. The fraction of sp³-hybridized carbons (Fsp3) is 0.593. The third-order valence-electron chi connectivity index (χ3n) is 7.40. The zero-order chi connectivity index (χ0) is 22.7. The predicted molar refractivity (Wildman–Crippen MR) is 132 cm³/mol. The van der Waals surface area contributed by atoms with E-state index in [1.165, 1.54) is 10.9 Å². The highest BCUT2D eigenvalue weighted by Gasteiger charge is 2.31. The lowest BCUT2D eigenvalue weighted by atomic mass is 9.82. The number of likely N-dealkylation sites (tertiary alicyclic amines) is 2. The number of hydrogen-bond acceptors (Lipinski definition) is 4. The number of piperidine rings is 2. The van der Waals surface area contributed by atoms with Gasteiger partial charge in [0.15, 0.2) is 0 Å². The van der Waals surface area contributed by atoms with Crippen molar-refractivity contribution in [3.8, 4) is 0 Å². The van der Waals surface area contributed by atoms with Crippen molar-refractivity contribution in [2.75, 3.05) is 33.2 Å². The molecule has 2 fully saturated rings. The van der Waals surface area contributed by atoms with E-state index in [-0.39, 0.29) is 0 Å². The molecule has 2 aliphatic rings. The van der Waals surface area contributed by atoms with E-state index in [0.29, 0.717) is 36.1 Å². The first-order chi connectivity index (χ1) is 15.5. The lowest BCUT2D eigenvalue weighted by Gasteiger charge is -2.39. The maximum atomic E-state index is 13.3. The van der Waals surface area contributed by atoms with Crippen LogP contribution in [0.4, 0.5) is 0 Å². The van der Waals surface area contributed by atoms with Crippen LogP contribution in [0.3, 0.4) is 0 Å². The third kappa shape index (κ3) is 5.03. The SMILES string of the molecule is CN=Cc1ccc(C2C[C@H](C)CN(C(=O)CC3CCN(C(C)C)CC3)C2)c2cccnc12. The van der Waals surface area contributed by atoms with Gasteiger partial charge in [-0.25, -0.2) is 0 Å². The minimum atomic E-state index is 0.349. The van der Waals surface area contributed by atoms with Gasteiger partial charge in [0.2, 0.25) is 5.91 Å². The van der Waals surface area contributed by atoms with Crippen LogP contribution in [0, 0.1) is 11.8 Å². The van der Waals surface area contributed by atoms with Gasteiger partial charge in [0, 0.05) is 61.9 Å². The molecule has 5 nitrogen and oxygen atoms in total. The van der Waals surface area contributed by atoms with E-state index >= 15 is 0 Å². The number of pyridine rings is 1. The molecule has 1 aromatic heterocycles. The van der Waals surface area contributed by atoms with Crippen molar-refractivity contribution in [1.82, 2.24) is 14.8 Å². The van der Waals surface area contributed by atoms with E-state index in [1.807, 2.05) is 18.5 Å². The maximum Gasteiger partial charge on any atom is 0.222 e. The number of benzene rings is 1. The lowest BCUT2D eigenvalue weighted by molar-refractivity contribution is -0.134. The quantitative estimate of drug-likeness (QED) is 0.638. The van der Waals surface area contributed by atoms with Crippen molar-refractivity contribution < 1.29 is 4.79 Å². The van der Waals surface area contributed by atoms with Crippen molar-refractivity contribution >= 4 is 23.0 Å². The van der Waals surface area contributed by atoms with Gasteiger partial charge in [0.1, 0.15) is 0 Å². The largest absolute Gasteiger partial charge is 0.342 e. The number of nitrogens with zero attached hydrogens (tertiary/aromatic N) is 4. The summed E-state index contributed by atoms with van der Waals surface area (Å²) in [7, 11) is 1.79. The number of carbonyl (C=O) groups is 1. The molecule has 2 aromatic rings. The third-order valence-corrected chi connectivity index (χ3v) is 7.40. The molecule has 1 amide bonds. The van der Waals surface area contributed by atoms with E-state index < -0.39 is 0 Å². The fourth-order valence-electron chi connectivity index (χ4n) is 5.65. The van der Waals surface area contributed by atoms with E-state index in [9.17, 15) is 4.79 Å². The number of aliphatic imine (C=N–C) groups is 1. The summed E-state index contributed by atoms with van der Waals surface area (Å²) < 4.78 is 0. The number of amides is 1. The van der Waals surface area contributed by atoms with Crippen LogP contribution in [0.25, 0.3) is 10.9 Å². The molecular weight excluding hydrogens is 396 g/mol. The van der Waals surface area contributed by atoms with Gasteiger partial charge in [0.25, 0.3) is 0 Å². The average Bonchev–Trinajstić information content (AvgIpc) is 2.79. The topological polar surface area (TPSA) is 48.8 Å². The summed E-state index contributed by atoms with van der Waals surface area (Å²) in [6.45, 7) is 10.8. The van der Waals surface area contributed by atoms with E-state index in [1.54, 1.807) is 7.05 Å². The molecule has 0 radical (unpaired) electrons. The van der Waals surface area contributed by atoms with Gasteiger partial charge in [0.05, 0.1) is 5.52 Å². The smallest absolute Gasteiger partial charge is 0.222 e. The molecule has 2 aliphatic heterocycles. The summed E-state index contributed by atoms with van der Waals surface area (Å²) >= 11 is 0. The molecule has 0 bridgehead atoms. The molecule has 172 valence electrons. The average molecular weight is 435 g/mol. The number of rotatable bonds is 5. The molecule has 3 heterocycles. The van der Waals surface area contributed by atoms with Crippen LogP contribution < -0.4 is 0 Å². The molecule has 0 spiro atoms. The Labute approximate surface area is 192 Å². The van der Waals surface area contributed by atoms with E-state index in [0.717, 1.165) is 56.5 Å². The number of carbonyl (C=O) groups excluding carboxylic acids is 1. The molecule has 0 N–H and O–H groups in total. The molecule has 0 saturated carbocycles. The highest BCUT2D eigenvalue weighted by atomic mass is 16.2. The van der Waals surface area contributed by atoms with Crippen molar-refractivity contribution in [2.24, 2.45) is 16.8 Å². The summed E-state index contributed by atoms with van der Waals surface area (Å²) in [4.78, 5) is 26.8. The molecule has 4 rings (SSSR count). The van der Waals surface area contributed by atoms with Crippen LogP contribution in [0.15, 0.2) is 35.5 Å². The Kier molecular flexibility index (Phi) is 7.24. The Morgan fingerprint density at radius 3 is 2.72 bits per heavy atom. The molecule has 2 saturated heterocycles. The molecule has 0 aliphatic carbocycles. The summed E-state index contributed by atoms with van der Waals surface area (Å²) in [5.74, 6) is 1.74. The highest BCUT2D eigenvalue weighted by Crippen LogP contribution is 2.35. The van der Waals surface area contributed by atoms with Crippen molar-refractivity contribution in [1.29, 1.82) is 0 Å². The number of hydrogen-bond donors (Lipinski definition) is 0. The lowest BCUT2D eigenvalue weighted by Crippen LogP contribution is -2.44. The van der Waals surface area contributed by atoms with Gasteiger partial charge < -0.3 is 9.80 Å². The van der Waals surface area contributed by atoms with Crippen molar-refractivity contribution in [2.45, 2.75) is 58.4 Å².